The first-order chi connectivity index (χ1) is 17.3. The van der Waals surface area contributed by atoms with Gasteiger partial charge in [0.25, 0.3) is 0 Å². The van der Waals surface area contributed by atoms with Crippen molar-refractivity contribution < 1.29 is 14.3 Å². The predicted octanol–water partition coefficient (Wildman–Crippen LogP) is 7.28. The number of allylic oxidation sites excluding steroid dienone is 1. The van der Waals surface area contributed by atoms with Crippen LogP contribution in [0.2, 0.25) is 10.0 Å². The molecule has 11 heteroatoms. The summed E-state index contributed by atoms with van der Waals surface area (Å²) in [5.74, 6) is 1.59. The molecule has 4 rings (SSSR count). The smallest absolute Gasteiger partial charge is 0.338 e. The molecule has 2 heterocycles. The highest BCUT2D eigenvalue weighted by molar-refractivity contribution is 9.10. The minimum Gasteiger partial charge on any atom is -0.488 e. The summed E-state index contributed by atoms with van der Waals surface area (Å²) in [7, 11) is 0. The lowest BCUT2D eigenvalue weighted by Crippen LogP contribution is -2.30. The topological polar surface area (TPSA) is 78.3 Å². The van der Waals surface area contributed by atoms with Crippen molar-refractivity contribution in [1.29, 1.82) is 0 Å². The van der Waals surface area contributed by atoms with E-state index < -0.39 is 12.0 Å². The van der Waals surface area contributed by atoms with Crippen molar-refractivity contribution in [3.8, 4) is 5.75 Å². The maximum Gasteiger partial charge on any atom is 0.338 e. The number of carbonyl (C=O) groups excluding carboxylic acids is 1. The standard InChI is InChI=1S/C25H25BrCl2N4O3S/c1-4-10-36-25-30-24-29-14(3)21(23(33)34-5-2)22(32(24)31-25)18-11-16(26)7-9-20(18)35-13-15-6-8-17(27)12-19(15)28/h6-9,11-12,22H,4-5,10,13H2,1-3H3,(H,29,30,31). The van der Waals surface area contributed by atoms with E-state index in [-0.39, 0.29) is 13.2 Å². The number of rotatable bonds is 9. The minimum absolute atomic E-state index is 0.217. The molecule has 7 nitrogen and oxygen atoms in total. The van der Waals surface area contributed by atoms with E-state index in [0.29, 0.717) is 38.2 Å². The van der Waals surface area contributed by atoms with Crippen molar-refractivity contribution >= 4 is 62.8 Å². The molecule has 2 aromatic carbocycles. The summed E-state index contributed by atoms with van der Waals surface area (Å²) >= 11 is 17.5. The molecule has 1 N–H and O–H groups in total. The fourth-order valence-corrected chi connectivity index (χ4v) is 5.33. The molecule has 0 bridgehead atoms. The first kappa shape index (κ1) is 26.9. The van der Waals surface area contributed by atoms with Crippen LogP contribution in [0.3, 0.4) is 0 Å². The van der Waals surface area contributed by atoms with Crippen LogP contribution >= 0.6 is 50.9 Å². The predicted molar refractivity (Wildman–Crippen MR) is 147 cm³/mol. The summed E-state index contributed by atoms with van der Waals surface area (Å²) < 4.78 is 14.2. The molecule has 36 heavy (non-hydrogen) atoms. The maximum absolute atomic E-state index is 13.2. The molecule has 1 unspecified atom stereocenters. The largest absolute Gasteiger partial charge is 0.488 e. The molecular formula is C25H25BrCl2N4O3S. The van der Waals surface area contributed by atoms with Crippen LogP contribution in [0.15, 0.2) is 57.3 Å². The third-order valence-electron chi connectivity index (χ3n) is 5.43. The van der Waals surface area contributed by atoms with Gasteiger partial charge in [0.2, 0.25) is 11.1 Å². The van der Waals surface area contributed by atoms with Gasteiger partial charge >= 0.3 is 5.97 Å². The van der Waals surface area contributed by atoms with Crippen LogP contribution in [0.4, 0.5) is 5.95 Å². The third kappa shape index (κ3) is 5.85. The number of thioether (sulfide) groups is 1. The second-order valence-corrected chi connectivity index (χ2v) is 10.8. The molecule has 1 atom stereocenters. The van der Waals surface area contributed by atoms with Crippen molar-refractivity contribution in [2.24, 2.45) is 0 Å². The second kappa shape index (κ2) is 11.9. The number of esters is 1. The summed E-state index contributed by atoms with van der Waals surface area (Å²) in [5.41, 5.74) is 2.61. The van der Waals surface area contributed by atoms with Gasteiger partial charge in [-0.15, -0.1) is 5.10 Å². The van der Waals surface area contributed by atoms with Crippen molar-refractivity contribution in [1.82, 2.24) is 14.8 Å². The van der Waals surface area contributed by atoms with Crippen molar-refractivity contribution in [2.75, 3.05) is 17.7 Å². The molecule has 0 saturated heterocycles. The van der Waals surface area contributed by atoms with Gasteiger partial charge in [-0.2, -0.15) is 4.98 Å². The fourth-order valence-electron chi connectivity index (χ4n) is 3.81. The lowest BCUT2D eigenvalue weighted by molar-refractivity contribution is -0.139. The Kier molecular flexibility index (Phi) is 8.87. The minimum atomic E-state index is -0.614. The first-order valence-corrected chi connectivity index (χ1v) is 14.0. The average molecular weight is 612 g/mol. The number of benzene rings is 2. The molecule has 190 valence electrons. The van der Waals surface area contributed by atoms with Crippen molar-refractivity contribution in [3.05, 3.63) is 73.3 Å². The molecule has 3 aromatic rings. The Hall–Kier alpha value is -2.20. The Labute approximate surface area is 232 Å². The number of hydrogen-bond acceptors (Lipinski definition) is 7. The first-order valence-electron chi connectivity index (χ1n) is 11.4. The Morgan fingerprint density at radius 1 is 1.22 bits per heavy atom. The van der Waals surface area contributed by atoms with E-state index in [1.54, 1.807) is 35.5 Å². The Morgan fingerprint density at radius 3 is 2.75 bits per heavy atom. The number of hydrogen-bond donors (Lipinski definition) is 1. The monoisotopic (exact) mass is 610 g/mol. The van der Waals surface area contributed by atoms with Crippen molar-refractivity contribution in [2.45, 2.75) is 45.0 Å². The van der Waals surface area contributed by atoms with Crippen molar-refractivity contribution in [3.63, 3.8) is 0 Å². The van der Waals surface area contributed by atoms with Crippen LogP contribution in [-0.2, 0) is 16.1 Å². The zero-order valence-electron chi connectivity index (χ0n) is 20.0. The van der Waals surface area contributed by atoms with Crippen LogP contribution in [0, 0.1) is 0 Å². The van der Waals surface area contributed by atoms with Gasteiger partial charge in [0, 0.05) is 37.1 Å². The highest BCUT2D eigenvalue weighted by Gasteiger charge is 2.37. The number of halogens is 3. The van der Waals surface area contributed by atoms with Crippen LogP contribution in [-0.4, -0.2) is 33.1 Å². The summed E-state index contributed by atoms with van der Waals surface area (Å²) in [4.78, 5) is 17.8. The van der Waals surface area contributed by atoms with Gasteiger partial charge < -0.3 is 14.8 Å². The molecule has 0 amide bonds. The van der Waals surface area contributed by atoms with E-state index in [1.165, 1.54) is 0 Å². The van der Waals surface area contributed by atoms with E-state index in [4.69, 9.17) is 37.8 Å². The number of nitrogens with zero attached hydrogens (tertiary/aromatic N) is 3. The molecule has 1 aliphatic rings. The number of nitrogens with one attached hydrogen (secondary N) is 1. The van der Waals surface area contributed by atoms with E-state index in [1.807, 2.05) is 31.2 Å². The van der Waals surface area contributed by atoms with E-state index in [0.717, 1.165) is 27.8 Å². The summed E-state index contributed by atoms with van der Waals surface area (Å²) in [6.45, 7) is 6.19. The Bertz CT molecular complexity index is 1310. The van der Waals surface area contributed by atoms with E-state index in [2.05, 4.69) is 33.2 Å². The lowest BCUT2D eigenvalue weighted by Gasteiger charge is -2.29. The molecule has 0 spiro atoms. The lowest BCUT2D eigenvalue weighted by atomic mass is 9.95. The molecule has 1 aliphatic heterocycles. The number of ether oxygens (including phenoxy) is 2. The zero-order chi connectivity index (χ0) is 25.8. The van der Waals surface area contributed by atoms with Gasteiger partial charge in [0.05, 0.1) is 12.2 Å². The number of carbonyl (C=O) groups is 1. The maximum atomic E-state index is 13.2. The molecule has 0 radical (unpaired) electrons. The van der Waals surface area contributed by atoms with Crippen LogP contribution < -0.4 is 10.1 Å². The van der Waals surface area contributed by atoms with Gasteiger partial charge in [-0.3, -0.25) is 0 Å². The van der Waals surface area contributed by atoms with Gasteiger partial charge in [-0.05, 0) is 50.6 Å². The summed E-state index contributed by atoms with van der Waals surface area (Å²) in [5, 5.41) is 9.67. The average Bonchev–Trinajstić information content (AvgIpc) is 3.24. The highest BCUT2D eigenvalue weighted by Crippen LogP contribution is 2.41. The third-order valence-corrected chi connectivity index (χ3v) is 7.55. The normalized spacial score (nSPS) is 14.9. The van der Waals surface area contributed by atoms with E-state index in [9.17, 15) is 4.79 Å². The number of anilines is 1. The van der Waals surface area contributed by atoms with Gasteiger partial charge in [-0.25, -0.2) is 9.48 Å². The molecule has 0 fully saturated rings. The molecule has 1 aromatic heterocycles. The highest BCUT2D eigenvalue weighted by atomic mass is 79.9. The van der Waals surface area contributed by atoms with Crippen LogP contribution in [0.5, 0.6) is 5.75 Å². The number of aromatic nitrogens is 3. The van der Waals surface area contributed by atoms with E-state index >= 15 is 0 Å². The molecule has 0 aliphatic carbocycles. The van der Waals surface area contributed by atoms with Gasteiger partial charge in [0.15, 0.2) is 0 Å². The van der Waals surface area contributed by atoms with Crippen LogP contribution in [0.1, 0.15) is 44.4 Å². The van der Waals surface area contributed by atoms with Gasteiger partial charge in [-0.1, -0.05) is 63.9 Å². The zero-order valence-corrected chi connectivity index (χ0v) is 23.9. The fraction of sp³-hybridized carbons (Fsp3) is 0.320. The Balaban J connectivity index is 1.79. The molecule has 0 saturated carbocycles. The summed E-state index contributed by atoms with van der Waals surface area (Å²) in [6.07, 6.45) is 0.994. The van der Waals surface area contributed by atoms with Crippen LogP contribution in [0.25, 0.3) is 0 Å². The van der Waals surface area contributed by atoms with Gasteiger partial charge in [0.1, 0.15) is 18.4 Å². The summed E-state index contributed by atoms with van der Waals surface area (Å²) in [6, 6.07) is 10.3. The number of fused-ring (bicyclic) bond motifs is 1. The quantitative estimate of drug-likeness (QED) is 0.201. The SMILES string of the molecule is CCCSc1nc2n(n1)C(c1cc(Br)ccc1OCc1ccc(Cl)cc1Cl)C(C(=O)OCC)=C(C)N2. The second-order valence-electron chi connectivity index (χ2n) is 8.00. The Morgan fingerprint density at radius 2 is 2.03 bits per heavy atom. The molecular weight excluding hydrogens is 587 g/mol.